The average Bonchev–Trinajstić information content (AvgIpc) is 2.98. The molecule has 320 valence electrons. The number of thioether (sulfide) groups is 1. The maximum absolute atomic E-state index is 13.2. The Labute approximate surface area is 338 Å². The molecule has 3 rings (SSSR count). The molecule has 1 amide bonds. The molecule has 0 aromatic rings. The predicted molar refractivity (Wildman–Crippen MR) is 212 cm³/mol. The summed E-state index contributed by atoms with van der Waals surface area (Å²) in [7, 11) is 0. The van der Waals surface area contributed by atoms with Crippen LogP contribution in [0.5, 0.6) is 0 Å². The number of alkyl carbamates (subject to hydrolysis) is 1. The second-order valence-corrected chi connectivity index (χ2v) is 20.4. The molecule has 0 bridgehead atoms. The minimum Gasteiger partial charge on any atom is -0.448 e. The van der Waals surface area contributed by atoms with Gasteiger partial charge in [-0.15, -0.1) is 0 Å². The van der Waals surface area contributed by atoms with Crippen LogP contribution in [-0.2, 0) is 47.4 Å². The molecule has 0 saturated heterocycles. The fraction of sp³-hybridized carbons (Fsp3) is 0.780. The van der Waals surface area contributed by atoms with Gasteiger partial charge in [-0.05, 0) is 83.4 Å². The first-order valence-electron chi connectivity index (χ1n) is 19.3. The van der Waals surface area contributed by atoms with Crippen LogP contribution in [0.1, 0.15) is 103 Å². The summed E-state index contributed by atoms with van der Waals surface area (Å²) in [6.45, 7) is 25.7. The molecule has 0 aromatic heterocycles. The van der Waals surface area contributed by atoms with Gasteiger partial charge in [-0.25, -0.2) is 14.4 Å². The molecule has 1 N–H and O–H groups in total. The Morgan fingerprint density at radius 3 is 1.86 bits per heavy atom. The summed E-state index contributed by atoms with van der Waals surface area (Å²) in [6, 6.07) is 0. The molecule has 5 unspecified atom stereocenters. The van der Waals surface area contributed by atoms with Crippen molar-refractivity contribution in [3.05, 3.63) is 35.5 Å². The maximum Gasteiger partial charge on any atom is 0.509 e. The topological polar surface area (TPSA) is 156 Å². The van der Waals surface area contributed by atoms with Crippen molar-refractivity contribution in [3.63, 3.8) is 0 Å². The quantitative estimate of drug-likeness (QED) is 0.135. The van der Waals surface area contributed by atoms with Crippen molar-refractivity contribution in [2.45, 2.75) is 150 Å². The Morgan fingerprint density at radius 2 is 1.27 bits per heavy atom. The molecule has 0 aliphatic carbocycles. The van der Waals surface area contributed by atoms with Crippen LogP contribution in [0.3, 0.4) is 0 Å². The number of nitrogens with one attached hydrogen (secondary N) is 1. The van der Waals surface area contributed by atoms with E-state index >= 15 is 0 Å². The molecule has 0 fully saturated rings. The van der Waals surface area contributed by atoms with Gasteiger partial charge in [0, 0.05) is 21.1 Å². The number of hydrogen-bond acceptors (Lipinski definition) is 14. The maximum atomic E-state index is 13.2. The molecule has 0 radical (unpaired) electrons. The molecule has 14 nitrogen and oxygen atoms in total. The van der Waals surface area contributed by atoms with E-state index in [2.05, 4.69) is 5.32 Å². The lowest BCUT2D eigenvalue weighted by Gasteiger charge is -2.40. The van der Waals surface area contributed by atoms with Gasteiger partial charge in [0.1, 0.15) is 30.7 Å². The van der Waals surface area contributed by atoms with E-state index in [0.717, 1.165) is 22.9 Å². The van der Waals surface area contributed by atoms with Crippen molar-refractivity contribution in [1.29, 1.82) is 0 Å². The first kappa shape index (κ1) is 47.7. The number of hydrogen-bond donors (Lipinski definition) is 1. The molecule has 3 aliphatic heterocycles. The molecule has 3 heterocycles. The van der Waals surface area contributed by atoms with Gasteiger partial charge in [-0.1, -0.05) is 66.7 Å². The smallest absolute Gasteiger partial charge is 0.448 e. The monoisotopic (exact) mass is 813 g/mol. The minimum atomic E-state index is -0.797. The van der Waals surface area contributed by atoms with Gasteiger partial charge in [0.2, 0.25) is 0 Å². The van der Waals surface area contributed by atoms with Crippen LogP contribution >= 0.6 is 11.8 Å². The van der Waals surface area contributed by atoms with Gasteiger partial charge in [0.05, 0.1) is 39.6 Å². The molecule has 5 atom stereocenters. The van der Waals surface area contributed by atoms with E-state index in [1.54, 1.807) is 26.8 Å². The highest BCUT2D eigenvalue weighted by atomic mass is 32.2. The Bertz CT molecular complexity index is 1400. The average molecular weight is 814 g/mol. The van der Waals surface area contributed by atoms with Crippen molar-refractivity contribution in [2.24, 2.45) is 10.8 Å². The fourth-order valence-electron chi connectivity index (χ4n) is 6.05. The summed E-state index contributed by atoms with van der Waals surface area (Å²) in [5, 5.41) is 2.51. The van der Waals surface area contributed by atoms with Crippen LogP contribution in [0.15, 0.2) is 35.5 Å². The normalized spacial score (nSPS) is 27.5. The van der Waals surface area contributed by atoms with E-state index in [9.17, 15) is 14.4 Å². The van der Waals surface area contributed by atoms with E-state index in [-0.39, 0.29) is 56.5 Å². The van der Waals surface area contributed by atoms with Crippen molar-refractivity contribution < 1.29 is 61.8 Å². The van der Waals surface area contributed by atoms with Crippen LogP contribution in [0.25, 0.3) is 0 Å². The van der Waals surface area contributed by atoms with Crippen LogP contribution in [-0.4, -0.2) is 111 Å². The molecular formula is C41H67NO13S. The third-order valence-corrected chi connectivity index (χ3v) is 9.29. The Balaban J connectivity index is 1.80. The number of carbonyl (C=O) groups excluding carboxylic acids is 3. The summed E-state index contributed by atoms with van der Waals surface area (Å²) < 4.78 is 59.0. The van der Waals surface area contributed by atoms with Crippen LogP contribution in [0.4, 0.5) is 14.4 Å². The van der Waals surface area contributed by atoms with E-state index in [1.807, 2.05) is 87.5 Å². The lowest BCUT2D eigenvalue weighted by Crippen LogP contribution is -2.46. The van der Waals surface area contributed by atoms with Crippen molar-refractivity contribution in [1.82, 2.24) is 5.32 Å². The second kappa shape index (κ2) is 20.3. The van der Waals surface area contributed by atoms with E-state index < -0.39 is 65.1 Å². The number of ether oxygens (including phenoxy) is 10. The lowest BCUT2D eigenvalue weighted by molar-refractivity contribution is -0.211. The van der Waals surface area contributed by atoms with Crippen LogP contribution in [0.2, 0.25) is 0 Å². The molecular weight excluding hydrogens is 747 g/mol. The first-order chi connectivity index (χ1) is 25.8. The van der Waals surface area contributed by atoms with E-state index in [1.165, 1.54) is 0 Å². The summed E-state index contributed by atoms with van der Waals surface area (Å²) in [5.41, 5.74) is -1.02. The summed E-state index contributed by atoms with van der Waals surface area (Å²) in [5.74, 6) is 0. The van der Waals surface area contributed by atoms with Gasteiger partial charge in [-0.3, -0.25) is 0 Å². The van der Waals surface area contributed by atoms with E-state index in [0.29, 0.717) is 12.8 Å². The molecule has 0 aromatic carbocycles. The highest BCUT2D eigenvalue weighted by Gasteiger charge is 2.40. The third-order valence-electron chi connectivity index (χ3n) is 8.41. The minimum absolute atomic E-state index is 0.00469. The zero-order valence-corrected chi connectivity index (χ0v) is 36.6. The summed E-state index contributed by atoms with van der Waals surface area (Å²) in [4.78, 5) is 38.5. The highest BCUT2D eigenvalue weighted by Crippen LogP contribution is 2.39. The van der Waals surface area contributed by atoms with E-state index in [4.69, 9.17) is 47.4 Å². The highest BCUT2D eigenvalue weighted by molar-refractivity contribution is 8.14. The van der Waals surface area contributed by atoms with Crippen molar-refractivity contribution in [2.75, 3.05) is 46.4 Å². The van der Waals surface area contributed by atoms with Gasteiger partial charge in [0.15, 0.2) is 12.6 Å². The van der Waals surface area contributed by atoms with Gasteiger partial charge in [-0.2, -0.15) is 0 Å². The molecule has 15 heteroatoms. The zero-order valence-electron chi connectivity index (χ0n) is 35.8. The van der Waals surface area contributed by atoms with Crippen molar-refractivity contribution in [3.8, 4) is 0 Å². The number of rotatable bonds is 9. The van der Waals surface area contributed by atoms with Crippen LogP contribution in [0, 0.1) is 10.8 Å². The standard InChI is InChI=1S/C41H67NO13S/c1-37(2,3)42-34(43)53-31-25-51-33(41(12,13)21-27-16-19-46-26-47-24-30(27)54-35(44)55-38(4,5)6)49-20-17-28(31)22-40(10,11)32-48-18-14-15-29(23-50-32)52-36(45)56-39(7,8)9/h14-17,29-33H,18-26H2,1-13H3,(H,42,43)/b15-14+,27-16+,28-17+. The number of carbonyl (C=O) groups is 3. The molecule has 56 heavy (non-hydrogen) atoms. The molecule has 0 saturated carbocycles. The van der Waals surface area contributed by atoms with Gasteiger partial charge >= 0.3 is 17.5 Å². The second-order valence-electron chi connectivity index (χ2n) is 18.6. The largest absolute Gasteiger partial charge is 0.509 e. The zero-order chi connectivity index (χ0) is 42.0. The number of amides is 1. The Hall–Kier alpha value is -2.66. The Kier molecular flexibility index (Phi) is 17.3. The predicted octanol–water partition coefficient (Wildman–Crippen LogP) is 8.23. The van der Waals surface area contributed by atoms with Gasteiger partial charge in [0.25, 0.3) is 0 Å². The lowest BCUT2D eigenvalue weighted by atomic mass is 9.81. The van der Waals surface area contributed by atoms with Gasteiger partial charge < -0.3 is 52.7 Å². The SMILES string of the molecule is CC(C)(C)NC(=O)OC1COC(C(C)(C)C/C2=C\COCOCC2OC(=O)OC(C)(C)C)OC/C=C/1CC(C)(C)C1OC/C=C/C(OC(=O)SC(C)(C)C)CO1. The fourth-order valence-corrected chi connectivity index (χ4v) is 6.72. The Morgan fingerprint density at radius 1 is 0.696 bits per heavy atom. The third kappa shape index (κ3) is 17.5. The first-order valence-corrected chi connectivity index (χ1v) is 20.1. The summed E-state index contributed by atoms with van der Waals surface area (Å²) >= 11 is 1.12. The molecule has 3 aliphatic rings. The van der Waals surface area contributed by atoms with Crippen LogP contribution < -0.4 is 5.32 Å². The molecule has 0 spiro atoms. The van der Waals surface area contributed by atoms with Crippen molar-refractivity contribution >= 4 is 29.3 Å². The summed E-state index contributed by atoms with van der Waals surface area (Å²) in [6.07, 6.45) is 3.31.